The zero-order valence-corrected chi connectivity index (χ0v) is 24.1. The van der Waals surface area contributed by atoms with Gasteiger partial charge in [0.15, 0.2) is 0 Å². The van der Waals surface area contributed by atoms with E-state index in [1.54, 1.807) is 49.4 Å². The van der Waals surface area contributed by atoms with Crippen LogP contribution in [-0.2, 0) is 12.8 Å². The number of aliphatic hydroxyl groups is 6. The first-order valence-electron chi connectivity index (χ1n) is 14.2. The summed E-state index contributed by atoms with van der Waals surface area (Å²) in [5, 5.41) is 67.0. The Kier molecular flexibility index (Phi) is 13.6. The Morgan fingerprint density at radius 2 is 1.30 bits per heavy atom. The van der Waals surface area contributed by atoms with Gasteiger partial charge in [0.25, 0.3) is 0 Å². The first kappa shape index (κ1) is 33.7. The molecular formula is C32H48O8. The van der Waals surface area contributed by atoms with Crippen molar-refractivity contribution in [3.8, 4) is 11.5 Å². The van der Waals surface area contributed by atoms with Gasteiger partial charge in [-0.2, -0.15) is 0 Å². The van der Waals surface area contributed by atoms with Gasteiger partial charge in [0.05, 0.1) is 19.8 Å². The third-order valence-corrected chi connectivity index (χ3v) is 7.08. The van der Waals surface area contributed by atoms with Crippen LogP contribution in [0.1, 0.15) is 64.0 Å². The summed E-state index contributed by atoms with van der Waals surface area (Å²) in [7, 11) is 0. The van der Waals surface area contributed by atoms with E-state index in [2.05, 4.69) is 13.5 Å². The summed E-state index contributed by atoms with van der Waals surface area (Å²) in [5.74, 6) is 0.989. The summed E-state index contributed by atoms with van der Waals surface area (Å²) in [6.45, 7) is 9.74. The largest absolute Gasteiger partial charge is 0.493 e. The molecule has 0 aliphatic carbocycles. The standard InChI is InChI=1S/C32H48O8/c1-5-7-17-39-27-15-11-9-13-24(27)20-31(37,19-23(3)4)30(36)32(38,29(35)26(34)22-33)21-25-14-10-12-16-28(25)40-18-8-6-2/h9-16,26,29-30,33-38H,3,5-8,17-22H2,1-2,4H3/t26-,29+,30+,31?,32+/m0/s1. The van der Waals surface area contributed by atoms with Gasteiger partial charge in [-0.3, -0.25) is 0 Å². The van der Waals surface area contributed by atoms with Crippen LogP contribution in [0.3, 0.4) is 0 Å². The van der Waals surface area contributed by atoms with Crippen LogP contribution >= 0.6 is 0 Å². The van der Waals surface area contributed by atoms with E-state index in [4.69, 9.17) is 9.47 Å². The first-order chi connectivity index (χ1) is 19.0. The van der Waals surface area contributed by atoms with Crippen LogP contribution in [0.5, 0.6) is 11.5 Å². The molecule has 40 heavy (non-hydrogen) atoms. The molecule has 0 bridgehead atoms. The van der Waals surface area contributed by atoms with Crippen molar-refractivity contribution < 1.29 is 40.1 Å². The van der Waals surface area contributed by atoms with E-state index < -0.39 is 36.1 Å². The summed E-state index contributed by atoms with van der Waals surface area (Å²) in [6, 6.07) is 14.1. The number of ether oxygens (including phenoxy) is 2. The summed E-state index contributed by atoms with van der Waals surface area (Å²) in [6.07, 6.45) is -2.88. The Morgan fingerprint density at radius 1 is 0.825 bits per heavy atom. The Hall–Kier alpha value is -2.46. The van der Waals surface area contributed by atoms with Crippen molar-refractivity contribution in [3.63, 3.8) is 0 Å². The monoisotopic (exact) mass is 560 g/mol. The fourth-order valence-electron chi connectivity index (χ4n) is 4.91. The van der Waals surface area contributed by atoms with Crippen LogP contribution in [0.4, 0.5) is 0 Å². The second-order valence-corrected chi connectivity index (χ2v) is 10.8. The smallest absolute Gasteiger partial charge is 0.126 e. The molecule has 8 heteroatoms. The first-order valence-corrected chi connectivity index (χ1v) is 14.2. The number of para-hydroxylation sites is 2. The molecule has 0 amide bonds. The van der Waals surface area contributed by atoms with Crippen molar-refractivity contribution in [2.45, 2.75) is 95.2 Å². The van der Waals surface area contributed by atoms with Gasteiger partial charge in [0.2, 0.25) is 0 Å². The Labute approximate surface area is 238 Å². The predicted molar refractivity (Wildman–Crippen MR) is 156 cm³/mol. The molecule has 0 saturated carbocycles. The van der Waals surface area contributed by atoms with Crippen LogP contribution in [-0.4, -0.2) is 80.0 Å². The highest BCUT2D eigenvalue weighted by molar-refractivity contribution is 5.37. The molecule has 0 fully saturated rings. The number of unbranched alkanes of at least 4 members (excludes halogenated alkanes) is 2. The SMILES string of the molecule is C=C(C)CC(O)(Cc1ccccc1OCCCC)[C@@H](O)[C@@](O)(Cc1ccccc1OCCCC)[C@H](O)[C@@H](O)CO. The second-order valence-electron chi connectivity index (χ2n) is 10.8. The summed E-state index contributed by atoms with van der Waals surface area (Å²) < 4.78 is 11.8. The van der Waals surface area contributed by atoms with Gasteiger partial charge in [-0.05, 0) is 49.4 Å². The summed E-state index contributed by atoms with van der Waals surface area (Å²) in [4.78, 5) is 0. The summed E-state index contributed by atoms with van der Waals surface area (Å²) in [5.41, 5.74) is -2.92. The van der Waals surface area contributed by atoms with Crippen LogP contribution in [0, 0.1) is 0 Å². The highest BCUT2D eigenvalue weighted by Crippen LogP contribution is 2.38. The lowest BCUT2D eigenvalue weighted by Crippen LogP contribution is -2.66. The average Bonchev–Trinajstić information content (AvgIpc) is 2.93. The number of rotatable bonds is 19. The van der Waals surface area contributed by atoms with Crippen LogP contribution in [0.2, 0.25) is 0 Å². The molecule has 2 rings (SSSR count). The van der Waals surface area contributed by atoms with Gasteiger partial charge in [-0.15, -0.1) is 6.58 Å². The molecular weight excluding hydrogens is 512 g/mol. The van der Waals surface area contributed by atoms with Crippen LogP contribution < -0.4 is 9.47 Å². The van der Waals surface area contributed by atoms with Crippen molar-refractivity contribution in [2.75, 3.05) is 19.8 Å². The number of hydrogen-bond donors (Lipinski definition) is 6. The maximum Gasteiger partial charge on any atom is 0.126 e. The lowest BCUT2D eigenvalue weighted by molar-refractivity contribution is -0.228. The molecule has 1 unspecified atom stereocenters. The predicted octanol–water partition coefficient (Wildman–Crippen LogP) is 3.33. The lowest BCUT2D eigenvalue weighted by Gasteiger charge is -2.46. The minimum absolute atomic E-state index is 0.115. The topological polar surface area (TPSA) is 140 Å². The zero-order valence-electron chi connectivity index (χ0n) is 24.1. The molecule has 0 aliphatic heterocycles. The van der Waals surface area contributed by atoms with Crippen molar-refractivity contribution in [1.82, 2.24) is 0 Å². The minimum atomic E-state index is -2.49. The molecule has 0 spiro atoms. The van der Waals surface area contributed by atoms with Crippen LogP contribution in [0.15, 0.2) is 60.7 Å². The van der Waals surface area contributed by atoms with E-state index in [9.17, 15) is 30.6 Å². The number of benzene rings is 2. The van der Waals surface area contributed by atoms with Gasteiger partial charge in [-0.1, -0.05) is 68.7 Å². The highest BCUT2D eigenvalue weighted by atomic mass is 16.5. The van der Waals surface area contributed by atoms with E-state index >= 15 is 0 Å². The molecule has 2 aromatic rings. The van der Waals surface area contributed by atoms with Gasteiger partial charge in [-0.25, -0.2) is 0 Å². The van der Waals surface area contributed by atoms with Gasteiger partial charge in [0.1, 0.15) is 41.0 Å². The van der Waals surface area contributed by atoms with E-state index in [0.717, 1.165) is 25.7 Å². The molecule has 224 valence electrons. The summed E-state index contributed by atoms with van der Waals surface area (Å²) >= 11 is 0. The quantitative estimate of drug-likeness (QED) is 0.114. The normalized spacial score (nSPS) is 16.8. The molecule has 6 N–H and O–H groups in total. The van der Waals surface area contributed by atoms with E-state index in [-0.39, 0.29) is 19.3 Å². The van der Waals surface area contributed by atoms with Crippen LogP contribution in [0.25, 0.3) is 0 Å². The molecule has 0 heterocycles. The van der Waals surface area contributed by atoms with Crippen molar-refractivity contribution in [2.24, 2.45) is 0 Å². The third kappa shape index (κ3) is 9.03. The lowest BCUT2D eigenvalue weighted by atomic mass is 9.71. The zero-order chi connectivity index (χ0) is 29.8. The molecule has 5 atom stereocenters. The second kappa shape index (κ2) is 16.1. The fourth-order valence-corrected chi connectivity index (χ4v) is 4.91. The van der Waals surface area contributed by atoms with Gasteiger partial charge >= 0.3 is 0 Å². The molecule has 0 saturated heterocycles. The Morgan fingerprint density at radius 3 is 1.75 bits per heavy atom. The van der Waals surface area contributed by atoms with Gasteiger partial charge in [0, 0.05) is 12.8 Å². The van der Waals surface area contributed by atoms with E-state index in [0.29, 0.717) is 41.4 Å². The Bertz CT molecular complexity index is 1040. The van der Waals surface area contributed by atoms with Crippen molar-refractivity contribution >= 4 is 0 Å². The van der Waals surface area contributed by atoms with Gasteiger partial charge < -0.3 is 40.1 Å². The van der Waals surface area contributed by atoms with E-state index in [1.165, 1.54) is 0 Å². The number of hydrogen-bond acceptors (Lipinski definition) is 8. The number of aliphatic hydroxyl groups excluding tert-OH is 4. The molecule has 2 aromatic carbocycles. The molecule has 0 radical (unpaired) electrons. The molecule has 0 aliphatic rings. The Balaban J connectivity index is 2.55. The highest BCUT2D eigenvalue weighted by Gasteiger charge is 2.54. The fraction of sp³-hybridized carbons (Fsp3) is 0.562. The maximum atomic E-state index is 12.0. The minimum Gasteiger partial charge on any atom is -0.493 e. The third-order valence-electron chi connectivity index (χ3n) is 7.08. The van der Waals surface area contributed by atoms with Crippen molar-refractivity contribution in [1.29, 1.82) is 0 Å². The van der Waals surface area contributed by atoms with E-state index in [1.807, 2.05) is 13.0 Å². The average molecular weight is 561 g/mol. The molecule has 8 nitrogen and oxygen atoms in total. The van der Waals surface area contributed by atoms with Crippen molar-refractivity contribution in [3.05, 3.63) is 71.8 Å². The molecule has 0 aromatic heterocycles. The maximum absolute atomic E-state index is 12.0.